The van der Waals surface area contributed by atoms with Crippen molar-refractivity contribution in [2.45, 2.75) is 58.5 Å². The highest BCUT2D eigenvalue weighted by Crippen LogP contribution is 2.61. The second-order valence-electron chi connectivity index (χ2n) is 8.39. The molecule has 1 heterocycles. The van der Waals surface area contributed by atoms with Crippen molar-refractivity contribution >= 4 is 5.97 Å². The number of ether oxygens (including phenoxy) is 1. The third kappa shape index (κ3) is 2.64. The SMILES string of the molecule is C=C1CC[C@@H]2[C@](C)(CO)[C@H](O)CC[C@@]2(C)[C@@H]1CCC1=CCOC1=O. The van der Waals surface area contributed by atoms with E-state index in [0.717, 1.165) is 44.1 Å². The van der Waals surface area contributed by atoms with Gasteiger partial charge in [-0.25, -0.2) is 4.79 Å². The minimum Gasteiger partial charge on any atom is -0.458 e. The van der Waals surface area contributed by atoms with Crippen molar-refractivity contribution in [2.24, 2.45) is 22.7 Å². The Bertz CT molecular complexity index is 566. The minimum atomic E-state index is -0.447. The molecule has 0 unspecified atom stereocenters. The Balaban J connectivity index is 1.83. The van der Waals surface area contributed by atoms with Gasteiger partial charge in [0.05, 0.1) is 12.7 Å². The maximum absolute atomic E-state index is 11.7. The molecule has 0 aromatic rings. The first-order valence-electron chi connectivity index (χ1n) is 9.15. The normalized spacial score (nSPS) is 42.5. The molecule has 0 radical (unpaired) electrons. The van der Waals surface area contributed by atoms with E-state index in [0.29, 0.717) is 12.5 Å². The lowest BCUT2D eigenvalue weighted by Gasteiger charge is -2.60. The third-order valence-corrected chi connectivity index (χ3v) is 7.20. The zero-order valence-electron chi connectivity index (χ0n) is 14.9. The molecule has 2 saturated carbocycles. The fourth-order valence-corrected chi connectivity index (χ4v) is 5.63. The molecule has 2 aliphatic carbocycles. The van der Waals surface area contributed by atoms with Crippen LogP contribution in [0.25, 0.3) is 0 Å². The number of hydrogen-bond acceptors (Lipinski definition) is 4. The van der Waals surface area contributed by atoms with E-state index in [2.05, 4.69) is 13.5 Å². The summed E-state index contributed by atoms with van der Waals surface area (Å²) in [4.78, 5) is 11.7. The van der Waals surface area contributed by atoms with E-state index in [4.69, 9.17) is 4.74 Å². The zero-order chi connectivity index (χ0) is 17.5. The first-order valence-corrected chi connectivity index (χ1v) is 9.15. The first kappa shape index (κ1) is 17.7. The van der Waals surface area contributed by atoms with Crippen molar-refractivity contribution in [3.8, 4) is 0 Å². The van der Waals surface area contributed by atoms with E-state index in [9.17, 15) is 15.0 Å². The third-order valence-electron chi connectivity index (χ3n) is 7.20. The van der Waals surface area contributed by atoms with Crippen LogP contribution in [0.2, 0.25) is 0 Å². The Morgan fingerprint density at radius 3 is 2.75 bits per heavy atom. The molecule has 4 nitrogen and oxygen atoms in total. The summed E-state index contributed by atoms with van der Waals surface area (Å²) in [5.41, 5.74) is 1.62. The number of fused-ring (bicyclic) bond motifs is 1. The molecule has 0 spiro atoms. The summed E-state index contributed by atoms with van der Waals surface area (Å²) in [7, 11) is 0. The average molecular weight is 334 g/mol. The molecule has 3 aliphatic rings. The van der Waals surface area contributed by atoms with E-state index in [-0.39, 0.29) is 23.9 Å². The van der Waals surface area contributed by atoms with E-state index in [1.165, 1.54) is 5.57 Å². The van der Waals surface area contributed by atoms with Gasteiger partial charge in [0.25, 0.3) is 0 Å². The molecule has 5 atom stereocenters. The van der Waals surface area contributed by atoms with Crippen LogP contribution in [0.15, 0.2) is 23.8 Å². The predicted molar refractivity (Wildman–Crippen MR) is 92.2 cm³/mol. The number of carbonyl (C=O) groups excluding carboxylic acids is 1. The van der Waals surface area contributed by atoms with Gasteiger partial charge < -0.3 is 14.9 Å². The summed E-state index contributed by atoms with van der Waals surface area (Å²) in [5, 5.41) is 20.5. The molecule has 24 heavy (non-hydrogen) atoms. The highest BCUT2D eigenvalue weighted by atomic mass is 16.5. The molecule has 0 aromatic heterocycles. The molecular formula is C20H30O4. The number of hydrogen-bond donors (Lipinski definition) is 2. The van der Waals surface area contributed by atoms with Gasteiger partial charge in [-0.2, -0.15) is 0 Å². The van der Waals surface area contributed by atoms with Gasteiger partial charge in [-0.1, -0.05) is 26.0 Å². The van der Waals surface area contributed by atoms with Gasteiger partial charge in [-0.05, 0) is 61.9 Å². The van der Waals surface area contributed by atoms with Gasteiger partial charge in [0, 0.05) is 11.0 Å². The van der Waals surface area contributed by atoms with E-state index < -0.39 is 11.5 Å². The van der Waals surface area contributed by atoms with Crippen LogP contribution >= 0.6 is 0 Å². The number of allylic oxidation sites excluding steroid dienone is 1. The van der Waals surface area contributed by atoms with Gasteiger partial charge in [0.15, 0.2) is 0 Å². The number of aliphatic hydroxyl groups excluding tert-OH is 2. The Morgan fingerprint density at radius 1 is 1.38 bits per heavy atom. The molecule has 4 heteroatoms. The lowest BCUT2D eigenvalue weighted by atomic mass is 9.46. The Labute approximate surface area is 144 Å². The summed E-state index contributed by atoms with van der Waals surface area (Å²) < 4.78 is 5.01. The van der Waals surface area contributed by atoms with Crippen LogP contribution in [0, 0.1) is 22.7 Å². The zero-order valence-corrected chi connectivity index (χ0v) is 14.9. The molecule has 2 fully saturated rings. The predicted octanol–water partition coefficient (Wildman–Crippen LogP) is 2.99. The van der Waals surface area contributed by atoms with Crippen molar-refractivity contribution in [1.82, 2.24) is 0 Å². The van der Waals surface area contributed by atoms with E-state index >= 15 is 0 Å². The number of cyclic esters (lactones) is 1. The monoisotopic (exact) mass is 334 g/mol. The van der Waals surface area contributed by atoms with Gasteiger partial charge in [-0.15, -0.1) is 0 Å². The lowest BCUT2D eigenvalue weighted by Crippen LogP contribution is -2.57. The van der Waals surface area contributed by atoms with Gasteiger partial charge >= 0.3 is 5.97 Å². The molecule has 0 bridgehead atoms. The highest BCUT2D eigenvalue weighted by molar-refractivity contribution is 5.90. The molecule has 0 aromatic carbocycles. The Hall–Kier alpha value is -1.13. The van der Waals surface area contributed by atoms with E-state index in [1.54, 1.807) is 0 Å². The number of esters is 1. The number of rotatable bonds is 4. The average Bonchev–Trinajstić information content (AvgIpc) is 2.96. The number of aliphatic hydroxyl groups is 2. The molecule has 1 aliphatic heterocycles. The van der Waals surface area contributed by atoms with Gasteiger partial charge in [-0.3, -0.25) is 0 Å². The van der Waals surface area contributed by atoms with Crippen LogP contribution in [-0.2, 0) is 9.53 Å². The molecule has 3 rings (SSSR count). The summed E-state index contributed by atoms with van der Waals surface area (Å²) in [6, 6.07) is 0. The smallest absolute Gasteiger partial charge is 0.334 e. The van der Waals surface area contributed by atoms with Crippen LogP contribution in [0.3, 0.4) is 0 Å². The standard InChI is InChI=1S/C20H30O4/c1-13-4-7-16-19(2,10-8-17(22)20(16,3)12-21)15(13)6-5-14-9-11-24-18(14)23/h9,15-17,21-22H,1,4-8,10-12H2,2-3H3/t15-,16+,17-,19+,20+/m1/s1. The second kappa shape index (κ2) is 6.30. The number of carbonyl (C=O) groups is 1. The van der Waals surface area contributed by atoms with Crippen molar-refractivity contribution in [1.29, 1.82) is 0 Å². The topological polar surface area (TPSA) is 66.8 Å². The summed E-state index contributed by atoms with van der Waals surface area (Å²) in [6.07, 6.45) is 6.64. The molecular weight excluding hydrogens is 304 g/mol. The van der Waals surface area contributed by atoms with Crippen LogP contribution in [-0.4, -0.2) is 35.5 Å². The van der Waals surface area contributed by atoms with Crippen LogP contribution in [0.5, 0.6) is 0 Å². The van der Waals surface area contributed by atoms with Crippen LogP contribution < -0.4 is 0 Å². The van der Waals surface area contributed by atoms with Crippen molar-refractivity contribution in [3.63, 3.8) is 0 Å². The Morgan fingerprint density at radius 2 is 2.12 bits per heavy atom. The largest absolute Gasteiger partial charge is 0.458 e. The van der Waals surface area contributed by atoms with Crippen LogP contribution in [0.1, 0.15) is 52.4 Å². The highest BCUT2D eigenvalue weighted by Gasteiger charge is 2.57. The summed E-state index contributed by atoms with van der Waals surface area (Å²) >= 11 is 0. The molecule has 0 amide bonds. The van der Waals surface area contributed by atoms with Crippen LogP contribution in [0.4, 0.5) is 0 Å². The quantitative estimate of drug-likeness (QED) is 0.613. The first-order chi connectivity index (χ1) is 11.3. The van der Waals surface area contributed by atoms with Crippen molar-refractivity contribution in [3.05, 3.63) is 23.8 Å². The fourth-order valence-electron chi connectivity index (χ4n) is 5.63. The minimum absolute atomic E-state index is 0.0189. The summed E-state index contributed by atoms with van der Waals surface area (Å²) in [6.45, 7) is 9.07. The fraction of sp³-hybridized carbons (Fsp3) is 0.750. The molecule has 2 N–H and O–H groups in total. The van der Waals surface area contributed by atoms with Gasteiger partial charge in [0.1, 0.15) is 6.61 Å². The summed E-state index contributed by atoms with van der Waals surface area (Å²) in [5.74, 6) is 0.417. The van der Waals surface area contributed by atoms with E-state index in [1.807, 2.05) is 13.0 Å². The maximum atomic E-state index is 11.7. The Kier molecular flexibility index (Phi) is 4.65. The maximum Gasteiger partial charge on any atom is 0.334 e. The lowest BCUT2D eigenvalue weighted by molar-refractivity contribution is -0.152. The van der Waals surface area contributed by atoms with Crippen molar-refractivity contribution < 1.29 is 19.7 Å². The second-order valence-corrected chi connectivity index (χ2v) is 8.39. The van der Waals surface area contributed by atoms with Crippen molar-refractivity contribution in [2.75, 3.05) is 13.2 Å². The molecule has 0 saturated heterocycles. The molecule has 134 valence electrons. The van der Waals surface area contributed by atoms with Gasteiger partial charge in [0.2, 0.25) is 0 Å².